The molecule has 212 valence electrons. The van der Waals surface area contributed by atoms with Crippen molar-refractivity contribution in [3.05, 3.63) is 93.0 Å². The van der Waals surface area contributed by atoms with Gasteiger partial charge >= 0.3 is 12.6 Å². The monoisotopic (exact) mass is 584 g/mol. The largest absolute Gasteiger partial charge is 0.477 e. The van der Waals surface area contributed by atoms with Crippen LogP contribution in [0, 0.1) is 12.7 Å². The zero-order chi connectivity index (χ0) is 29.2. The number of benzene rings is 3. The fourth-order valence-electron chi connectivity index (χ4n) is 5.27. The van der Waals surface area contributed by atoms with E-state index >= 15 is 4.39 Å². The van der Waals surface area contributed by atoms with Gasteiger partial charge in [-0.15, -0.1) is 0 Å². The number of sulfonamides is 1. The summed E-state index contributed by atoms with van der Waals surface area (Å²) in [6.45, 7) is -1.47. The number of aromatic carboxylic acids is 1. The second-order valence-electron chi connectivity index (χ2n) is 10.2. The van der Waals surface area contributed by atoms with Crippen LogP contribution in [0.2, 0.25) is 0 Å². The van der Waals surface area contributed by atoms with Gasteiger partial charge in [0.1, 0.15) is 11.4 Å². The average Bonchev–Trinajstić information content (AvgIpc) is 3.66. The molecule has 4 aromatic rings. The first-order chi connectivity index (χ1) is 19.5. The summed E-state index contributed by atoms with van der Waals surface area (Å²) in [5, 5.41) is 9.13. The molecule has 1 saturated carbocycles. The number of aryl methyl sites for hydroxylation is 1. The van der Waals surface area contributed by atoms with E-state index in [1.165, 1.54) is 33.1 Å². The van der Waals surface area contributed by atoms with Gasteiger partial charge in [-0.1, -0.05) is 29.8 Å². The first-order valence-electron chi connectivity index (χ1n) is 12.7. The second-order valence-corrected chi connectivity index (χ2v) is 12.2. The van der Waals surface area contributed by atoms with Crippen LogP contribution < -0.4 is 10.2 Å². The van der Waals surface area contributed by atoms with E-state index in [2.05, 4.69) is 0 Å². The van der Waals surface area contributed by atoms with Gasteiger partial charge in [-0.2, -0.15) is 13.1 Å². The van der Waals surface area contributed by atoms with Crippen LogP contribution in [-0.2, 0) is 23.1 Å². The van der Waals surface area contributed by atoms with Gasteiger partial charge in [0.2, 0.25) is 15.5 Å². The highest BCUT2D eigenvalue weighted by Crippen LogP contribution is 2.45. The number of carbonyl (C=O) groups is 1. The maximum atomic E-state index is 15.7. The fraction of sp³-hybridized carbons (Fsp3) is 0.241. The van der Waals surface area contributed by atoms with Crippen LogP contribution in [-0.4, -0.2) is 35.0 Å². The van der Waals surface area contributed by atoms with Gasteiger partial charge in [-0.25, -0.2) is 17.6 Å². The molecule has 3 aromatic carbocycles. The van der Waals surface area contributed by atoms with E-state index in [-0.39, 0.29) is 46.1 Å². The third kappa shape index (κ3) is 4.66. The maximum Gasteiger partial charge on any atom is 0.387 e. The minimum absolute atomic E-state index is 0.0195. The lowest BCUT2D eigenvalue weighted by Gasteiger charge is -2.19. The summed E-state index contributed by atoms with van der Waals surface area (Å²) < 4.78 is 77.2. The second kappa shape index (κ2) is 9.74. The summed E-state index contributed by atoms with van der Waals surface area (Å²) in [4.78, 5) is 24.8. The molecule has 0 amide bonds. The Bertz CT molecular complexity index is 1900. The zero-order valence-corrected chi connectivity index (χ0v) is 22.4. The molecular formula is C29H23F3N2O6S. The Labute approximate surface area is 232 Å². The molecular weight excluding hydrogens is 561 g/mol. The first kappa shape index (κ1) is 27.0. The number of carboxylic acids is 1. The summed E-state index contributed by atoms with van der Waals surface area (Å²) in [7, 11) is -3.84. The Hall–Kier alpha value is -4.16. The Kier molecular flexibility index (Phi) is 6.42. The smallest absolute Gasteiger partial charge is 0.387 e. The highest BCUT2D eigenvalue weighted by molar-refractivity contribution is 7.89. The molecule has 0 unspecified atom stereocenters. The lowest BCUT2D eigenvalue weighted by Crippen LogP contribution is -2.25. The molecule has 1 fully saturated rings. The van der Waals surface area contributed by atoms with Gasteiger partial charge in [0, 0.05) is 25.3 Å². The molecule has 1 aromatic heterocycles. The van der Waals surface area contributed by atoms with Crippen LogP contribution in [0.25, 0.3) is 22.0 Å². The molecule has 0 atom stereocenters. The van der Waals surface area contributed by atoms with Crippen LogP contribution in [0.15, 0.2) is 64.4 Å². The Morgan fingerprint density at radius 2 is 1.73 bits per heavy atom. The lowest BCUT2D eigenvalue weighted by molar-refractivity contribution is -0.0487. The van der Waals surface area contributed by atoms with Crippen molar-refractivity contribution in [3.8, 4) is 16.9 Å². The number of halogens is 3. The number of ether oxygens (including phenoxy) is 1. The fourth-order valence-corrected chi connectivity index (χ4v) is 6.66. The van der Waals surface area contributed by atoms with Crippen molar-refractivity contribution in [2.45, 2.75) is 50.4 Å². The minimum atomic E-state index is -3.84. The van der Waals surface area contributed by atoms with Crippen molar-refractivity contribution in [1.82, 2.24) is 8.87 Å². The van der Waals surface area contributed by atoms with E-state index in [9.17, 15) is 31.9 Å². The van der Waals surface area contributed by atoms with E-state index in [1.54, 1.807) is 18.2 Å². The molecule has 0 spiro atoms. The van der Waals surface area contributed by atoms with Crippen molar-refractivity contribution in [2.75, 3.05) is 0 Å². The zero-order valence-electron chi connectivity index (χ0n) is 21.6. The molecule has 41 heavy (non-hydrogen) atoms. The van der Waals surface area contributed by atoms with Crippen molar-refractivity contribution in [2.24, 2.45) is 0 Å². The van der Waals surface area contributed by atoms with Crippen LogP contribution in [0.3, 0.4) is 0 Å². The summed E-state index contributed by atoms with van der Waals surface area (Å²) in [6, 6.07) is 11.6. The third-order valence-corrected chi connectivity index (χ3v) is 9.25. The molecule has 2 aliphatic rings. The normalized spacial score (nSPS) is 15.4. The number of carboxylic acid groups (broad SMARTS) is 1. The minimum Gasteiger partial charge on any atom is -0.477 e. The highest BCUT2D eigenvalue weighted by atomic mass is 32.2. The van der Waals surface area contributed by atoms with Crippen LogP contribution >= 0.6 is 0 Å². The number of nitrogens with zero attached hydrogens (tertiary/aromatic N) is 2. The van der Waals surface area contributed by atoms with E-state index in [4.69, 9.17) is 4.74 Å². The van der Waals surface area contributed by atoms with Gasteiger partial charge in [0.25, 0.3) is 0 Å². The molecule has 1 aliphatic heterocycles. The molecule has 1 aliphatic carbocycles. The van der Waals surface area contributed by atoms with Crippen LogP contribution in [0.4, 0.5) is 13.2 Å². The van der Waals surface area contributed by atoms with Crippen molar-refractivity contribution in [1.29, 1.82) is 0 Å². The SMILES string of the molecule is Cc1ccc(S(=O)(=O)N2Cc3ccc(-c4c(F)cc5c(=O)c(C(=O)O)cn(C6CC6)c5c4OC(F)F)cc3C2)cc1. The van der Waals surface area contributed by atoms with Crippen molar-refractivity contribution >= 4 is 26.9 Å². The Morgan fingerprint density at radius 1 is 1.05 bits per heavy atom. The Balaban J connectivity index is 1.49. The van der Waals surface area contributed by atoms with Crippen molar-refractivity contribution in [3.63, 3.8) is 0 Å². The predicted octanol–water partition coefficient (Wildman–Crippen LogP) is 5.46. The summed E-state index contributed by atoms with van der Waals surface area (Å²) in [6.07, 6.45) is 2.31. The average molecular weight is 585 g/mol. The number of hydrogen-bond acceptors (Lipinski definition) is 5. The standard InChI is InChI=1S/C29H23F3N2O6S/c1-15-2-8-20(9-3-15)41(38,39)33-12-17-5-4-16(10-18(17)13-33)24-23(30)11-21-25(27(24)40-29(31)32)34(19-6-7-19)14-22(26(21)35)28(36)37/h2-5,8-11,14,19,29H,6-7,12-13H2,1H3,(H,36,37). The summed E-state index contributed by atoms with van der Waals surface area (Å²) >= 11 is 0. The molecule has 0 saturated heterocycles. The van der Waals surface area contributed by atoms with Gasteiger partial charge in [-0.05, 0) is 60.7 Å². The number of alkyl halides is 2. The van der Waals surface area contributed by atoms with E-state index in [0.717, 1.165) is 17.8 Å². The predicted molar refractivity (Wildman–Crippen MR) is 143 cm³/mol. The van der Waals surface area contributed by atoms with Crippen LogP contribution in [0.1, 0.15) is 45.9 Å². The Morgan fingerprint density at radius 3 is 2.37 bits per heavy atom. The molecule has 8 nitrogen and oxygen atoms in total. The van der Waals surface area contributed by atoms with Crippen LogP contribution in [0.5, 0.6) is 5.75 Å². The molecule has 0 bridgehead atoms. The maximum absolute atomic E-state index is 15.7. The molecule has 2 heterocycles. The lowest BCUT2D eigenvalue weighted by atomic mass is 9.97. The van der Waals surface area contributed by atoms with E-state index in [1.807, 2.05) is 6.92 Å². The summed E-state index contributed by atoms with van der Waals surface area (Å²) in [5.41, 5.74) is 0.200. The van der Waals surface area contributed by atoms with E-state index in [0.29, 0.717) is 24.0 Å². The van der Waals surface area contributed by atoms with Gasteiger partial charge in [-0.3, -0.25) is 4.79 Å². The quantitative estimate of drug-likeness (QED) is 0.310. The van der Waals surface area contributed by atoms with E-state index < -0.39 is 45.2 Å². The molecule has 0 radical (unpaired) electrons. The number of rotatable bonds is 7. The molecule has 6 rings (SSSR count). The number of fused-ring (bicyclic) bond motifs is 2. The van der Waals surface area contributed by atoms with Gasteiger partial charge < -0.3 is 14.4 Å². The number of hydrogen-bond donors (Lipinski definition) is 1. The number of aromatic nitrogens is 1. The molecule has 12 heteroatoms. The highest BCUT2D eigenvalue weighted by Gasteiger charge is 2.33. The molecule has 1 N–H and O–H groups in total. The van der Waals surface area contributed by atoms with Gasteiger partial charge in [0.05, 0.1) is 21.4 Å². The summed E-state index contributed by atoms with van der Waals surface area (Å²) in [5.74, 6) is -3.16. The third-order valence-electron chi connectivity index (χ3n) is 7.45. The van der Waals surface area contributed by atoms with Crippen molar-refractivity contribution < 1.29 is 36.2 Å². The number of pyridine rings is 1. The topological polar surface area (TPSA) is 106 Å². The first-order valence-corrected chi connectivity index (χ1v) is 14.2. The van der Waals surface area contributed by atoms with Gasteiger partial charge in [0.15, 0.2) is 5.75 Å².